The molecule has 2 heterocycles. The lowest BCUT2D eigenvalue weighted by Gasteiger charge is -2.12. The summed E-state index contributed by atoms with van der Waals surface area (Å²) in [5, 5.41) is 11.4. The highest BCUT2D eigenvalue weighted by Gasteiger charge is 2.30. The molecular weight excluding hydrogens is 495 g/mol. The molecule has 3 aromatic carbocycles. The zero-order chi connectivity index (χ0) is 26.7. The van der Waals surface area contributed by atoms with Crippen molar-refractivity contribution in [1.82, 2.24) is 10.3 Å². The van der Waals surface area contributed by atoms with Gasteiger partial charge in [0.15, 0.2) is 0 Å². The lowest BCUT2D eigenvalue weighted by Crippen LogP contribution is -2.28. The second kappa shape index (κ2) is 10.2. The second-order valence-electron chi connectivity index (χ2n) is 8.61. The monoisotopic (exact) mass is 517 g/mol. The van der Waals surface area contributed by atoms with Crippen molar-refractivity contribution in [3.8, 4) is 0 Å². The molecule has 3 amide bonds. The molecule has 192 valence electrons. The van der Waals surface area contributed by atoms with Crippen molar-refractivity contribution in [2.45, 2.75) is 12.7 Å². The fourth-order valence-electron chi connectivity index (χ4n) is 4.06. The fourth-order valence-corrected chi connectivity index (χ4v) is 4.06. The van der Waals surface area contributed by atoms with E-state index in [1.165, 1.54) is 12.1 Å². The maximum Gasteiger partial charge on any atom is 0.416 e. The maximum absolute atomic E-state index is 12.9. The number of aromatic nitrogens is 1. The topological polar surface area (TPSA) is 98.0 Å². The van der Waals surface area contributed by atoms with Crippen LogP contribution in [0.2, 0.25) is 0 Å². The van der Waals surface area contributed by atoms with Crippen LogP contribution in [0.15, 0.2) is 85.1 Å². The molecule has 4 aromatic rings. The molecule has 0 aliphatic carbocycles. The number of nitrogens with one attached hydrogen (secondary N) is 5. The number of alkyl halides is 3. The predicted molar refractivity (Wildman–Crippen MR) is 141 cm³/mol. The Morgan fingerprint density at radius 3 is 2.47 bits per heavy atom. The number of amides is 3. The van der Waals surface area contributed by atoms with E-state index in [-0.39, 0.29) is 12.5 Å². The summed E-state index contributed by atoms with van der Waals surface area (Å²) in [4.78, 5) is 27.9. The molecule has 0 saturated carbocycles. The van der Waals surface area contributed by atoms with Gasteiger partial charge in [-0.2, -0.15) is 13.2 Å². The highest BCUT2D eigenvalue weighted by atomic mass is 19.4. The van der Waals surface area contributed by atoms with Crippen LogP contribution in [-0.4, -0.2) is 16.9 Å². The first kappa shape index (κ1) is 24.7. The number of fused-ring (bicyclic) bond motifs is 1. The van der Waals surface area contributed by atoms with Crippen molar-refractivity contribution < 1.29 is 22.8 Å². The molecule has 0 fully saturated rings. The molecule has 5 rings (SSSR count). The number of hydrogen-bond acceptors (Lipinski definition) is 3. The third-order valence-corrected chi connectivity index (χ3v) is 5.84. The molecule has 38 heavy (non-hydrogen) atoms. The van der Waals surface area contributed by atoms with E-state index in [4.69, 9.17) is 0 Å². The average molecular weight is 518 g/mol. The van der Waals surface area contributed by atoms with Crippen LogP contribution in [0, 0.1) is 0 Å². The molecule has 0 saturated heterocycles. The Balaban J connectivity index is 1.22. The van der Waals surface area contributed by atoms with Gasteiger partial charge >= 0.3 is 12.2 Å². The SMILES string of the molecule is O=C(NCc1cccc(C(F)(F)F)c1)Nc1cccc(Nc2ccc3c(c2)NC(=O)/C3=C/c2ccc[nH]2)c1. The third kappa shape index (κ3) is 5.70. The smallest absolute Gasteiger partial charge is 0.362 e. The summed E-state index contributed by atoms with van der Waals surface area (Å²) in [6.07, 6.45) is -0.866. The van der Waals surface area contributed by atoms with Gasteiger partial charge in [-0.05, 0) is 66.2 Å². The molecular formula is C28H22F3N5O2. The van der Waals surface area contributed by atoms with Crippen LogP contribution in [0.3, 0.4) is 0 Å². The first-order valence-electron chi connectivity index (χ1n) is 11.6. The largest absolute Gasteiger partial charge is 0.416 e. The van der Waals surface area contributed by atoms with E-state index in [1.54, 1.807) is 30.5 Å². The van der Waals surface area contributed by atoms with Gasteiger partial charge in [0.25, 0.3) is 5.91 Å². The fraction of sp³-hybridized carbons (Fsp3) is 0.0714. The zero-order valence-corrected chi connectivity index (χ0v) is 19.8. The van der Waals surface area contributed by atoms with E-state index < -0.39 is 17.8 Å². The van der Waals surface area contributed by atoms with Crippen molar-refractivity contribution in [3.05, 3.63) is 107 Å². The first-order chi connectivity index (χ1) is 18.2. The Kier molecular flexibility index (Phi) is 6.61. The van der Waals surface area contributed by atoms with Crippen LogP contribution in [0.5, 0.6) is 0 Å². The molecule has 10 heteroatoms. The van der Waals surface area contributed by atoms with Gasteiger partial charge in [0.05, 0.1) is 16.8 Å². The van der Waals surface area contributed by atoms with Crippen molar-refractivity contribution in [2.75, 3.05) is 16.0 Å². The van der Waals surface area contributed by atoms with E-state index in [0.717, 1.165) is 29.1 Å². The molecule has 0 radical (unpaired) electrons. The summed E-state index contributed by atoms with van der Waals surface area (Å²) < 4.78 is 38.7. The summed E-state index contributed by atoms with van der Waals surface area (Å²) in [5.41, 5.74) is 4.34. The third-order valence-electron chi connectivity index (χ3n) is 5.84. The second-order valence-corrected chi connectivity index (χ2v) is 8.61. The number of urea groups is 1. The van der Waals surface area contributed by atoms with Crippen LogP contribution < -0.4 is 21.3 Å². The summed E-state index contributed by atoms with van der Waals surface area (Å²) in [5.74, 6) is -0.186. The Bertz CT molecular complexity index is 1530. The Hall–Kier alpha value is -4.99. The standard InChI is InChI=1S/C28H22F3N5O2/c29-28(30,31)18-5-1-4-17(12-18)16-33-27(38)35-21-7-2-6-20(13-21)34-22-9-10-23-24(14-19-8-3-11-32-19)26(37)36-25(23)15-22/h1-15,32,34H,16H2,(H,36,37)(H2,33,35,38)/b24-14+. The summed E-state index contributed by atoms with van der Waals surface area (Å²) in [7, 11) is 0. The molecule has 0 atom stereocenters. The van der Waals surface area contributed by atoms with Gasteiger partial charge in [-0.15, -0.1) is 0 Å². The van der Waals surface area contributed by atoms with E-state index in [0.29, 0.717) is 28.2 Å². The maximum atomic E-state index is 12.9. The number of H-pyrrole nitrogens is 1. The van der Waals surface area contributed by atoms with Crippen LogP contribution in [0.4, 0.5) is 40.7 Å². The molecule has 1 aliphatic heterocycles. The summed E-state index contributed by atoms with van der Waals surface area (Å²) >= 11 is 0. The number of carbonyl (C=O) groups is 2. The number of aromatic amines is 1. The predicted octanol–water partition coefficient (Wildman–Crippen LogP) is 6.59. The number of anilines is 4. The molecule has 0 spiro atoms. The summed E-state index contributed by atoms with van der Waals surface area (Å²) in [6.45, 7) is -0.0607. The van der Waals surface area contributed by atoms with Crippen LogP contribution >= 0.6 is 0 Å². The minimum atomic E-state index is -4.45. The normalized spacial score (nSPS) is 13.7. The molecule has 1 aliphatic rings. The highest BCUT2D eigenvalue weighted by Crippen LogP contribution is 2.36. The van der Waals surface area contributed by atoms with Gasteiger partial charge < -0.3 is 26.3 Å². The van der Waals surface area contributed by atoms with E-state index >= 15 is 0 Å². The van der Waals surface area contributed by atoms with E-state index in [2.05, 4.69) is 26.3 Å². The molecule has 0 bridgehead atoms. The molecule has 5 N–H and O–H groups in total. The number of carbonyl (C=O) groups excluding carboxylic acids is 2. The zero-order valence-electron chi connectivity index (χ0n) is 19.8. The van der Waals surface area contributed by atoms with Gasteiger partial charge in [0.1, 0.15) is 0 Å². The summed E-state index contributed by atoms with van der Waals surface area (Å²) in [6, 6.07) is 20.5. The van der Waals surface area contributed by atoms with Crippen molar-refractivity contribution in [3.63, 3.8) is 0 Å². The number of benzene rings is 3. The van der Waals surface area contributed by atoms with Crippen LogP contribution in [0.25, 0.3) is 11.6 Å². The minimum absolute atomic E-state index is 0.0607. The van der Waals surface area contributed by atoms with Gasteiger partial charge in [-0.3, -0.25) is 4.79 Å². The molecule has 7 nitrogen and oxygen atoms in total. The number of hydrogen-bond donors (Lipinski definition) is 5. The average Bonchev–Trinajstić information content (AvgIpc) is 3.50. The van der Waals surface area contributed by atoms with Gasteiger partial charge in [0.2, 0.25) is 0 Å². The van der Waals surface area contributed by atoms with E-state index in [9.17, 15) is 22.8 Å². The van der Waals surface area contributed by atoms with Crippen molar-refractivity contribution >= 4 is 46.3 Å². The highest BCUT2D eigenvalue weighted by molar-refractivity contribution is 6.35. The van der Waals surface area contributed by atoms with Gasteiger partial charge in [-0.1, -0.05) is 24.3 Å². The minimum Gasteiger partial charge on any atom is -0.362 e. The molecule has 0 unspecified atom stereocenters. The Morgan fingerprint density at radius 2 is 1.68 bits per heavy atom. The quantitative estimate of drug-likeness (QED) is 0.187. The van der Waals surface area contributed by atoms with Gasteiger partial charge in [0, 0.05) is 41.1 Å². The number of halogens is 3. The van der Waals surface area contributed by atoms with Crippen LogP contribution in [0.1, 0.15) is 22.4 Å². The van der Waals surface area contributed by atoms with Crippen molar-refractivity contribution in [2.24, 2.45) is 0 Å². The first-order valence-corrected chi connectivity index (χ1v) is 11.6. The Morgan fingerprint density at radius 1 is 0.895 bits per heavy atom. The van der Waals surface area contributed by atoms with Crippen molar-refractivity contribution in [1.29, 1.82) is 0 Å². The number of rotatable bonds is 6. The molecule has 1 aromatic heterocycles. The lowest BCUT2D eigenvalue weighted by molar-refractivity contribution is -0.137. The van der Waals surface area contributed by atoms with E-state index in [1.807, 2.05) is 36.4 Å². The lowest BCUT2D eigenvalue weighted by atomic mass is 10.1. The Labute approximate surface area is 215 Å². The van der Waals surface area contributed by atoms with Gasteiger partial charge in [-0.25, -0.2) is 4.79 Å². The van der Waals surface area contributed by atoms with Crippen LogP contribution in [-0.2, 0) is 17.5 Å².